The van der Waals surface area contributed by atoms with E-state index in [-0.39, 0.29) is 40.7 Å². The summed E-state index contributed by atoms with van der Waals surface area (Å²) in [5, 5.41) is 10.1. The molecule has 1 N–H and O–H groups in total. The number of benzene rings is 2. The maximum atomic E-state index is 13.1. The number of carbonyl (C=O) groups is 2. The van der Waals surface area contributed by atoms with Crippen LogP contribution in [0.4, 0.5) is 16.1 Å². The summed E-state index contributed by atoms with van der Waals surface area (Å²) in [6, 6.07) is 12.6. The Morgan fingerprint density at radius 1 is 1.21 bits per heavy atom. The summed E-state index contributed by atoms with van der Waals surface area (Å²) < 4.78 is 18.6. The summed E-state index contributed by atoms with van der Waals surface area (Å²) in [5.74, 6) is -1.21. The van der Waals surface area contributed by atoms with Crippen LogP contribution >= 0.6 is 11.6 Å². The Hall–Kier alpha value is -3.26. The molecule has 0 aliphatic carbocycles. The van der Waals surface area contributed by atoms with Crippen molar-refractivity contribution in [3.05, 3.63) is 70.8 Å². The highest BCUT2D eigenvalue weighted by Crippen LogP contribution is 2.31. The van der Waals surface area contributed by atoms with Gasteiger partial charge < -0.3 is 9.32 Å². The monoisotopic (exact) mass is 400 g/mol. The lowest BCUT2D eigenvalue weighted by Crippen LogP contribution is -2.24. The van der Waals surface area contributed by atoms with Gasteiger partial charge in [-0.2, -0.15) is 0 Å². The van der Waals surface area contributed by atoms with Crippen LogP contribution < -0.4 is 10.2 Å². The van der Waals surface area contributed by atoms with Crippen LogP contribution in [0.2, 0.25) is 5.02 Å². The van der Waals surface area contributed by atoms with Crippen molar-refractivity contribution in [3.63, 3.8) is 0 Å². The van der Waals surface area contributed by atoms with E-state index >= 15 is 0 Å². The van der Waals surface area contributed by atoms with Crippen LogP contribution in [0.15, 0.2) is 52.9 Å². The van der Waals surface area contributed by atoms with Crippen LogP contribution in [0.3, 0.4) is 0 Å². The van der Waals surface area contributed by atoms with Crippen LogP contribution in [0, 0.1) is 5.82 Å². The lowest BCUT2D eigenvalue weighted by Gasteiger charge is -2.15. The van der Waals surface area contributed by atoms with Crippen LogP contribution in [0.25, 0.3) is 0 Å². The van der Waals surface area contributed by atoms with Crippen LogP contribution in [-0.4, -0.2) is 28.6 Å². The number of anilines is 2. The molecule has 2 heterocycles. The van der Waals surface area contributed by atoms with Crippen molar-refractivity contribution in [2.24, 2.45) is 0 Å². The van der Waals surface area contributed by atoms with Crippen molar-refractivity contribution in [2.75, 3.05) is 16.8 Å². The number of hydrogen-bond donors (Lipinski definition) is 1. The van der Waals surface area contributed by atoms with Gasteiger partial charge in [-0.05, 0) is 30.3 Å². The fourth-order valence-electron chi connectivity index (χ4n) is 3.02. The fraction of sp³-hybridized carbons (Fsp3) is 0.158. The Morgan fingerprint density at radius 3 is 2.75 bits per heavy atom. The maximum Gasteiger partial charge on any atom is 0.322 e. The van der Waals surface area contributed by atoms with Gasteiger partial charge in [0.05, 0.1) is 16.5 Å². The second-order valence-corrected chi connectivity index (χ2v) is 6.67. The van der Waals surface area contributed by atoms with E-state index in [2.05, 4.69) is 15.5 Å². The third kappa shape index (κ3) is 3.59. The topological polar surface area (TPSA) is 88.3 Å². The first-order chi connectivity index (χ1) is 13.5. The number of nitrogens with zero attached hydrogens (tertiary/aromatic N) is 3. The molecule has 1 unspecified atom stereocenters. The van der Waals surface area contributed by atoms with E-state index in [1.54, 1.807) is 4.90 Å². The summed E-state index contributed by atoms with van der Waals surface area (Å²) in [6.07, 6.45) is 0.230. The van der Waals surface area contributed by atoms with Gasteiger partial charge in [0.2, 0.25) is 11.8 Å². The average molecular weight is 401 g/mol. The lowest BCUT2D eigenvalue weighted by molar-refractivity contribution is -0.117. The minimum absolute atomic E-state index is 0.0304. The molecule has 1 atom stereocenters. The third-order valence-electron chi connectivity index (χ3n) is 4.38. The second kappa shape index (κ2) is 7.40. The second-order valence-electron chi connectivity index (χ2n) is 6.26. The summed E-state index contributed by atoms with van der Waals surface area (Å²) >= 11 is 5.88. The SMILES string of the molecule is O=C(Nc1nnc(C2CC(=O)N(c3ccccc3)C2)o1)c1ccc(F)cc1Cl. The first kappa shape index (κ1) is 18.1. The molecule has 0 saturated carbocycles. The Bertz CT molecular complexity index is 1040. The molecule has 0 radical (unpaired) electrons. The molecule has 0 spiro atoms. The van der Waals surface area contributed by atoms with E-state index in [0.717, 1.165) is 17.8 Å². The largest absolute Gasteiger partial charge is 0.407 e. The van der Waals surface area contributed by atoms with Crippen molar-refractivity contribution in [1.82, 2.24) is 10.2 Å². The number of aromatic nitrogens is 2. The molecule has 1 saturated heterocycles. The third-order valence-corrected chi connectivity index (χ3v) is 4.69. The summed E-state index contributed by atoms with van der Waals surface area (Å²) in [7, 11) is 0. The Kier molecular flexibility index (Phi) is 4.79. The highest BCUT2D eigenvalue weighted by Gasteiger charge is 2.35. The van der Waals surface area contributed by atoms with Gasteiger partial charge in [0, 0.05) is 18.7 Å². The predicted octanol–water partition coefficient (Wildman–Crippen LogP) is 3.63. The quantitative estimate of drug-likeness (QED) is 0.722. The Balaban J connectivity index is 1.46. The Labute approximate surface area is 164 Å². The molecule has 2 amide bonds. The number of hydrogen-bond acceptors (Lipinski definition) is 5. The number of para-hydroxylation sites is 1. The zero-order valence-electron chi connectivity index (χ0n) is 14.4. The molecule has 9 heteroatoms. The van der Waals surface area contributed by atoms with Crippen LogP contribution in [0.1, 0.15) is 28.6 Å². The molecule has 3 aromatic rings. The minimum Gasteiger partial charge on any atom is -0.407 e. The van der Waals surface area contributed by atoms with Crippen LogP contribution in [0.5, 0.6) is 0 Å². The van der Waals surface area contributed by atoms with Gasteiger partial charge >= 0.3 is 6.01 Å². The van der Waals surface area contributed by atoms with Crippen molar-refractivity contribution in [3.8, 4) is 0 Å². The van der Waals surface area contributed by atoms with E-state index in [0.29, 0.717) is 6.54 Å². The Morgan fingerprint density at radius 2 is 2.00 bits per heavy atom. The van der Waals surface area contributed by atoms with Gasteiger partial charge in [0.25, 0.3) is 5.91 Å². The summed E-state index contributed by atoms with van der Waals surface area (Å²) in [6.45, 7) is 0.405. The van der Waals surface area contributed by atoms with Gasteiger partial charge in [-0.1, -0.05) is 34.9 Å². The summed E-state index contributed by atoms with van der Waals surface area (Å²) in [5.41, 5.74) is 0.878. The van der Waals surface area contributed by atoms with E-state index in [1.165, 1.54) is 6.07 Å². The molecule has 0 bridgehead atoms. The van der Waals surface area contributed by atoms with Crippen molar-refractivity contribution in [1.29, 1.82) is 0 Å². The molecule has 1 aromatic heterocycles. The predicted molar refractivity (Wildman–Crippen MR) is 99.8 cm³/mol. The van der Waals surface area contributed by atoms with Crippen molar-refractivity contribution < 1.29 is 18.4 Å². The lowest BCUT2D eigenvalue weighted by atomic mass is 10.1. The molecule has 1 aliphatic rings. The van der Waals surface area contributed by atoms with Gasteiger partial charge in [0.1, 0.15) is 5.82 Å². The molecule has 4 rings (SSSR count). The first-order valence-corrected chi connectivity index (χ1v) is 8.84. The van der Waals surface area contributed by atoms with E-state index < -0.39 is 11.7 Å². The minimum atomic E-state index is -0.603. The smallest absolute Gasteiger partial charge is 0.322 e. The zero-order valence-corrected chi connectivity index (χ0v) is 15.2. The number of halogens is 2. The highest BCUT2D eigenvalue weighted by molar-refractivity contribution is 6.34. The first-order valence-electron chi connectivity index (χ1n) is 8.46. The van der Waals surface area contributed by atoms with Crippen molar-refractivity contribution >= 4 is 35.1 Å². The number of nitrogens with one attached hydrogen (secondary N) is 1. The van der Waals surface area contributed by atoms with Gasteiger partial charge in [0.15, 0.2) is 0 Å². The zero-order chi connectivity index (χ0) is 19.7. The molecule has 142 valence electrons. The standard InChI is InChI=1S/C19H14ClFN4O3/c20-15-9-12(21)6-7-14(15)17(27)22-19-24-23-18(28-19)11-8-16(26)25(10-11)13-4-2-1-3-5-13/h1-7,9,11H,8,10H2,(H,22,24,27). The van der Waals surface area contributed by atoms with Crippen LogP contribution in [-0.2, 0) is 4.79 Å². The van der Waals surface area contributed by atoms with E-state index in [4.69, 9.17) is 16.0 Å². The van der Waals surface area contributed by atoms with Gasteiger partial charge in [-0.15, -0.1) is 5.10 Å². The average Bonchev–Trinajstić information content (AvgIpc) is 3.29. The fourth-order valence-corrected chi connectivity index (χ4v) is 3.27. The molecule has 2 aromatic carbocycles. The van der Waals surface area contributed by atoms with E-state index in [1.807, 2.05) is 30.3 Å². The van der Waals surface area contributed by atoms with Gasteiger partial charge in [-0.25, -0.2) is 4.39 Å². The molecule has 1 fully saturated rings. The number of rotatable bonds is 4. The van der Waals surface area contributed by atoms with Crippen molar-refractivity contribution in [2.45, 2.75) is 12.3 Å². The van der Waals surface area contributed by atoms with Gasteiger partial charge in [-0.3, -0.25) is 14.9 Å². The summed E-state index contributed by atoms with van der Waals surface area (Å²) in [4.78, 5) is 26.2. The molecular weight excluding hydrogens is 387 g/mol. The molecular formula is C19H14ClFN4O3. The molecule has 7 nitrogen and oxygen atoms in total. The highest BCUT2D eigenvalue weighted by atomic mass is 35.5. The van der Waals surface area contributed by atoms with E-state index in [9.17, 15) is 14.0 Å². The number of carbonyl (C=O) groups excluding carboxylic acids is 2. The number of amides is 2. The normalized spacial score (nSPS) is 16.4. The maximum absolute atomic E-state index is 13.1. The molecule has 28 heavy (non-hydrogen) atoms. The molecule has 1 aliphatic heterocycles.